The van der Waals surface area contributed by atoms with Gasteiger partial charge in [0.05, 0.1) is 10.9 Å². The second-order valence-corrected chi connectivity index (χ2v) is 4.93. The summed E-state index contributed by atoms with van der Waals surface area (Å²) < 4.78 is 12.8. The number of aromatic nitrogens is 2. The van der Waals surface area contributed by atoms with Gasteiger partial charge in [-0.2, -0.15) is 0 Å². The van der Waals surface area contributed by atoms with E-state index in [1.165, 1.54) is 12.1 Å². The minimum atomic E-state index is -0.293. The molecule has 1 heterocycles. The van der Waals surface area contributed by atoms with Crippen LogP contribution < -0.4 is 5.56 Å². The van der Waals surface area contributed by atoms with E-state index in [0.29, 0.717) is 21.7 Å². The SMILES string of the molecule is O=c1[nH]c(/C=C/c2ccc(F)cc2)nc2cc(Cl)ccc12. The molecule has 0 amide bonds. The van der Waals surface area contributed by atoms with Crippen molar-refractivity contribution in [1.29, 1.82) is 0 Å². The van der Waals surface area contributed by atoms with Gasteiger partial charge in [-0.25, -0.2) is 9.37 Å². The Balaban J connectivity index is 2.01. The minimum Gasteiger partial charge on any atom is -0.306 e. The standard InChI is InChI=1S/C16H10ClFN2O/c17-11-4-7-13-14(9-11)19-15(20-16(13)21)8-3-10-1-5-12(18)6-2-10/h1-9H,(H,19,20,21)/b8-3+. The van der Waals surface area contributed by atoms with Crippen LogP contribution in [0.1, 0.15) is 11.4 Å². The van der Waals surface area contributed by atoms with Gasteiger partial charge in [-0.05, 0) is 42.0 Å². The predicted octanol–water partition coefficient (Wildman–Crippen LogP) is 3.89. The molecule has 0 saturated heterocycles. The molecule has 21 heavy (non-hydrogen) atoms. The monoisotopic (exact) mass is 300 g/mol. The summed E-state index contributed by atoms with van der Waals surface area (Å²) >= 11 is 5.91. The van der Waals surface area contributed by atoms with Crippen molar-refractivity contribution in [1.82, 2.24) is 9.97 Å². The van der Waals surface area contributed by atoms with Crippen LogP contribution in [0.25, 0.3) is 23.1 Å². The molecule has 2 aromatic carbocycles. The highest BCUT2D eigenvalue weighted by atomic mass is 35.5. The number of nitrogens with one attached hydrogen (secondary N) is 1. The molecule has 0 unspecified atom stereocenters. The molecule has 1 N–H and O–H groups in total. The van der Waals surface area contributed by atoms with Crippen molar-refractivity contribution in [3.05, 3.63) is 75.0 Å². The lowest BCUT2D eigenvalue weighted by molar-refractivity contribution is 0.628. The molecule has 0 saturated carbocycles. The summed E-state index contributed by atoms with van der Waals surface area (Å²) in [7, 11) is 0. The molecule has 0 aliphatic heterocycles. The smallest absolute Gasteiger partial charge is 0.259 e. The van der Waals surface area contributed by atoms with Crippen LogP contribution >= 0.6 is 11.6 Å². The van der Waals surface area contributed by atoms with Crippen LogP contribution in [-0.2, 0) is 0 Å². The lowest BCUT2D eigenvalue weighted by atomic mass is 10.2. The van der Waals surface area contributed by atoms with Crippen molar-refractivity contribution < 1.29 is 4.39 Å². The first-order chi connectivity index (χ1) is 10.1. The van der Waals surface area contributed by atoms with Crippen LogP contribution in [0, 0.1) is 5.82 Å². The van der Waals surface area contributed by atoms with E-state index in [0.717, 1.165) is 5.56 Å². The third kappa shape index (κ3) is 3.01. The summed E-state index contributed by atoms with van der Waals surface area (Å²) in [5, 5.41) is 1.01. The summed E-state index contributed by atoms with van der Waals surface area (Å²) in [6.07, 6.45) is 3.41. The summed E-state index contributed by atoms with van der Waals surface area (Å²) in [4.78, 5) is 19.0. The topological polar surface area (TPSA) is 45.8 Å². The maximum absolute atomic E-state index is 12.8. The molecule has 1 aromatic heterocycles. The zero-order valence-corrected chi connectivity index (χ0v) is 11.6. The van der Waals surface area contributed by atoms with E-state index in [9.17, 15) is 9.18 Å². The van der Waals surface area contributed by atoms with Crippen molar-refractivity contribution in [2.24, 2.45) is 0 Å². The Morgan fingerprint density at radius 3 is 2.62 bits per heavy atom. The van der Waals surface area contributed by atoms with Crippen molar-refractivity contribution in [2.75, 3.05) is 0 Å². The molecular formula is C16H10ClFN2O. The van der Waals surface area contributed by atoms with Crippen LogP contribution in [0.2, 0.25) is 5.02 Å². The number of benzene rings is 2. The summed E-state index contributed by atoms with van der Waals surface area (Å²) in [5.41, 5.74) is 1.12. The van der Waals surface area contributed by atoms with Gasteiger partial charge in [0.15, 0.2) is 0 Å². The van der Waals surface area contributed by atoms with Gasteiger partial charge in [0.2, 0.25) is 0 Å². The number of hydrogen-bond acceptors (Lipinski definition) is 2. The molecule has 104 valence electrons. The summed E-state index contributed by atoms with van der Waals surface area (Å²) in [6, 6.07) is 10.9. The molecule has 0 spiro atoms. The fourth-order valence-electron chi connectivity index (χ4n) is 1.96. The molecule has 0 aliphatic rings. The van der Waals surface area contributed by atoms with Crippen LogP contribution in [0.15, 0.2) is 47.3 Å². The maximum Gasteiger partial charge on any atom is 0.259 e. The van der Waals surface area contributed by atoms with E-state index in [-0.39, 0.29) is 11.4 Å². The Kier molecular flexibility index (Phi) is 3.54. The number of rotatable bonds is 2. The van der Waals surface area contributed by atoms with Gasteiger partial charge < -0.3 is 4.98 Å². The maximum atomic E-state index is 12.8. The van der Waals surface area contributed by atoms with Gasteiger partial charge in [-0.1, -0.05) is 29.8 Å². The largest absolute Gasteiger partial charge is 0.306 e. The molecule has 0 radical (unpaired) electrons. The Bertz CT molecular complexity index is 885. The molecule has 3 rings (SSSR count). The minimum absolute atomic E-state index is 0.226. The van der Waals surface area contributed by atoms with E-state index in [2.05, 4.69) is 9.97 Å². The Hall–Kier alpha value is -2.46. The van der Waals surface area contributed by atoms with E-state index < -0.39 is 0 Å². The normalized spacial score (nSPS) is 11.3. The van der Waals surface area contributed by atoms with Gasteiger partial charge >= 0.3 is 0 Å². The van der Waals surface area contributed by atoms with Crippen LogP contribution in [0.5, 0.6) is 0 Å². The lowest BCUT2D eigenvalue weighted by Crippen LogP contribution is -2.09. The highest BCUT2D eigenvalue weighted by Crippen LogP contribution is 2.15. The Morgan fingerprint density at radius 1 is 1.10 bits per heavy atom. The third-order valence-corrected chi connectivity index (χ3v) is 3.23. The van der Waals surface area contributed by atoms with E-state index in [1.54, 1.807) is 42.5 Å². The van der Waals surface area contributed by atoms with E-state index in [1.807, 2.05) is 0 Å². The second kappa shape index (κ2) is 5.50. The fourth-order valence-corrected chi connectivity index (χ4v) is 2.13. The average Bonchev–Trinajstić information content (AvgIpc) is 2.46. The molecule has 0 fully saturated rings. The molecule has 0 bridgehead atoms. The van der Waals surface area contributed by atoms with Gasteiger partial charge in [0, 0.05) is 5.02 Å². The summed E-state index contributed by atoms with van der Waals surface area (Å²) in [6.45, 7) is 0. The van der Waals surface area contributed by atoms with Crippen molar-refractivity contribution in [2.45, 2.75) is 0 Å². The molecule has 0 aliphatic carbocycles. The van der Waals surface area contributed by atoms with Crippen molar-refractivity contribution in [3.63, 3.8) is 0 Å². The predicted molar refractivity (Wildman–Crippen MR) is 82.7 cm³/mol. The fraction of sp³-hybridized carbons (Fsp3) is 0. The Morgan fingerprint density at radius 2 is 1.86 bits per heavy atom. The molecule has 3 aromatic rings. The van der Waals surface area contributed by atoms with Crippen molar-refractivity contribution in [3.8, 4) is 0 Å². The first-order valence-electron chi connectivity index (χ1n) is 6.25. The van der Waals surface area contributed by atoms with Crippen molar-refractivity contribution >= 4 is 34.7 Å². The van der Waals surface area contributed by atoms with Gasteiger partial charge in [0.25, 0.3) is 5.56 Å². The first-order valence-corrected chi connectivity index (χ1v) is 6.63. The highest BCUT2D eigenvalue weighted by Gasteiger charge is 2.02. The van der Waals surface area contributed by atoms with Gasteiger partial charge in [-0.3, -0.25) is 4.79 Å². The number of fused-ring (bicyclic) bond motifs is 1. The van der Waals surface area contributed by atoms with Crippen LogP contribution in [0.4, 0.5) is 4.39 Å². The molecular weight excluding hydrogens is 291 g/mol. The Labute approximate surface area is 124 Å². The lowest BCUT2D eigenvalue weighted by Gasteiger charge is -1.99. The van der Waals surface area contributed by atoms with E-state index >= 15 is 0 Å². The van der Waals surface area contributed by atoms with Gasteiger partial charge in [-0.15, -0.1) is 0 Å². The number of nitrogens with zero attached hydrogens (tertiary/aromatic N) is 1. The molecule has 3 nitrogen and oxygen atoms in total. The quantitative estimate of drug-likeness (QED) is 0.780. The number of hydrogen-bond donors (Lipinski definition) is 1. The molecule has 5 heteroatoms. The van der Waals surface area contributed by atoms with Crippen LogP contribution in [-0.4, -0.2) is 9.97 Å². The van der Waals surface area contributed by atoms with Crippen LogP contribution in [0.3, 0.4) is 0 Å². The highest BCUT2D eigenvalue weighted by molar-refractivity contribution is 6.31. The third-order valence-electron chi connectivity index (χ3n) is 2.99. The van der Waals surface area contributed by atoms with Gasteiger partial charge in [0.1, 0.15) is 11.6 Å². The first kappa shape index (κ1) is 13.5. The zero-order valence-electron chi connectivity index (χ0n) is 10.8. The summed E-state index contributed by atoms with van der Waals surface area (Å²) in [5.74, 6) is 0.123. The average molecular weight is 301 g/mol. The molecule has 0 atom stereocenters. The number of halogens is 2. The second-order valence-electron chi connectivity index (χ2n) is 4.50. The number of aromatic amines is 1. The zero-order chi connectivity index (χ0) is 14.8. The number of H-pyrrole nitrogens is 1. The van der Waals surface area contributed by atoms with E-state index in [4.69, 9.17) is 11.6 Å².